The minimum atomic E-state index is -0.549. The number of nitrogens with one attached hydrogen (secondary N) is 2. The fourth-order valence-corrected chi connectivity index (χ4v) is 2.00. The van der Waals surface area contributed by atoms with Crippen LogP contribution < -0.4 is 11.0 Å². The number of nitriles is 1. The van der Waals surface area contributed by atoms with E-state index < -0.39 is 5.69 Å². The van der Waals surface area contributed by atoms with Crippen molar-refractivity contribution in [2.45, 2.75) is 0 Å². The van der Waals surface area contributed by atoms with Crippen LogP contribution in [-0.4, -0.2) is 9.97 Å². The van der Waals surface area contributed by atoms with E-state index in [1.807, 2.05) is 48.5 Å². The number of rotatable bonds is 2. The largest absolute Gasteiger partial charge is 0.347 e. The summed E-state index contributed by atoms with van der Waals surface area (Å²) >= 11 is 0. The first-order valence-corrected chi connectivity index (χ1v) is 6.02. The maximum absolute atomic E-state index is 11.3. The summed E-state index contributed by atoms with van der Waals surface area (Å²) in [6.45, 7) is 0. The Morgan fingerprint density at radius 1 is 1.10 bits per heavy atom. The zero-order valence-electron chi connectivity index (χ0n) is 10.4. The maximum Gasteiger partial charge on any atom is 0.347 e. The maximum atomic E-state index is 11.3. The molecule has 20 heavy (non-hydrogen) atoms. The molecule has 0 aliphatic carbocycles. The van der Waals surface area contributed by atoms with Gasteiger partial charge < -0.3 is 5.32 Å². The molecule has 0 aliphatic heterocycles. The molecule has 0 spiro atoms. The smallest absolute Gasteiger partial charge is 0.340 e. The van der Waals surface area contributed by atoms with Gasteiger partial charge in [-0.05, 0) is 22.9 Å². The van der Waals surface area contributed by atoms with Crippen molar-refractivity contribution in [2.24, 2.45) is 0 Å². The molecular weight excluding hydrogens is 252 g/mol. The molecule has 0 amide bonds. The van der Waals surface area contributed by atoms with Crippen molar-refractivity contribution in [1.29, 1.82) is 5.26 Å². The van der Waals surface area contributed by atoms with E-state index in [1.165, 1.54) is 6.07 Å². The average molecular weight is 262 g/mol. The molecule has 0 saturated carbocycles. The molecule has 1 heterocycles. The van der Waals surface area contributed by atoms with Gasteiger partial charge in [-0.2, -0.15) is 10.2 Å². The number of aromatic nitrogens is 2. The second kappa shape index (κ2) is 4.86. The Hall–Kier alpha value is -3.13. The topological polar surface area (TPSA) is 81.6 Å². The first kappa shape index (κ1) is 11.9. The van der Waals surface area contributed by atoms with E-state index in [-0.39, 0.29) is 5.69 Å². The summed E-state index contributed by atoms with van der Waals surface area (Å²) in [5.74, 6) is 0.348. The lowest BCUT2D eigenvalue weighted by Crippen LogP contribution is -2.13. The molecule has 2 aromatic carbocycles. The highest BCUT2D eigenvalue weighted by atomic mass is 16.1. The van der Waals surface area contributed by atoms with Crippen LogP contribution in [0.5, 0.6) is 0 Å². The van der Waals surface area contributed by atoms with Gasteiger partial charge in [0.15, 0.2) is 0 Å². The molecule has 96 valence electrons. The van der Waals surface area contributed by atoms with Gasteiger partial charge >= 0.3 is 5.69 Å². The van der Waals surface area contributed by atoms with Crippen molar-refractivity contribution in [2.75, 3.05) is 5.32 Å². The van der Waals surface area contributed by atoms with E-state index >= 15 is 0 Å². The minimum absolute atomic E-state index is 0.174. The predicted molar refractivity (Wildman–Crippen MR) is 76.8 cm³/mol. The molecule has 5 heteroatoms. The minimum Gasteiger partial charge on any atom is -0.340 e. The van der Waals surface area contributed by atoms with Crippen LogP contribution >= 0.6 is 0 Å². The summed E-state index contributed by atoms with van der Waals surface area (Å²) in [6, 6.07) is 17.2. The van der Waals surface area contributed by atoms with Crippen LogP contribution in [0, 0.1) is 11.3 Å². The van der Waals surface area contributed by atoms with Crippen LogP contribution in [0.1, 0.15) is 5.69 Å². The van der Waals surface area contributed by atoms with Crippen molar-refractivity contribution < 1.29 is 0 Å². The van der Waals surface area contributed by atoms with Crippen LogP contribution in [0.3, 0.4) is 0 Å². The second-order valence-corrected chi connectivity index (χ2v) is 4.28. The summed E-state index contributed by atoms with van der Waals surface area (Å²) in [4.78, 5) is 17.4. The Kier molecular flexibility index (Phi) is 2.90. The van der Waals surface area contributed by atoms with Crippen LogP contribution in [0.2, 0.25) is 0 Å². The summed E-state index contributed by atoms with van der Waals surface area (Å²) in [5, 5.41) is 14.1. The molecule has 0 unspecified atom stereocenters. The Morgan fingerprint density at radius 3 is 2.70 bits per heavy atom. The van der Waals surface area contributed by atoms with Crippen molar-refractivity contribution in [1.82, 2.24) is 9.97 Å². The lowest BCUT2D eigenvalue weighted by atomic mass is 10.1. The summed E-state index contributed by atoms with van der Waals surface area (Å²) < 4.78 is 0. The number of anilines is 2. The lowest BCUT2D eigenvalue weighted by molar-refractivity contribution is 1.06. The number of nitrogens with zero attached hydrogens (tertiary/aromatic N) is 2. The van der Waals surface area contributed by atoms with E-state index in [9.17, 15) is 4.79 Å². The molecule has 0 radical (unpaired) electrons. The fraction of sp³-hybridized carbons (Fsp3) is 0. The van der Waals surface area contributed by atoms with Crippen LogP contribution in [-0.2, 0) is 0 Å². The quantitative estimate of drug-likeness (QED) is 0.743. The fourth-order valence-electron chi connectivity index (χ4n) is 2.00. The third kappa shape index (κ3) is 2.35. The van der Waals surface area contributed by atoms with Gasteiger partial charge in [-0.3, -0.25) is 4.98 Å². The van der Waals surface area contributed by atoms with Crippen molar-refractivity contribution >= 4 is 22.3 Å². The van der Waals surface area contributed by atoms with Gasteiger partial charge in [0.1, 0.15) is 17.6 Å². The number of hydrogen-bond acceptors (Lipinski definition) is 4. The Morgan fingerprint density at radius 2 is 1.90 bits per heavy atom. The van der Waals surface area contributed by atoms with E-state index in [4.69, 9.17) is 5.26 Å². The van der Waals surface area contributed by atoms with E-state index in [0.717, 1.165) is 16.5 Å². The van der Waals surface area contributed by atoms with Gasteiger partial charge in [-0.25, -0.2) is 4.79 Å². The molecule has 1 aromatic heterocycles. The summed E-state index contributed by atoms with van der Waals surface area (Å²) in [5.41, 5.74) is 0.436. The number of hydrogen-bond donors (Lipinski definition) is 2. The van der Waals surface area contributed by atoms with Gasteiger partial charge in [-0.15, -0.1) is 0 Å². The zero-order valence-corrected chi connectivity index (χ0v) is 10.4. The van der Waals surface area contributed by atoms with E-state index in [0.29, 0.717) is 5.82 Å². The van der Waals surface area contributed by atoms with E-state index in [1.54, 1.807) is 0 Å². The Balaban J connectivity index is 1.99. The molecule has 0 saturated heterocycles. The van der Waals surface area contributed by atoms with Crippen molar-refractivity contribution in [3.63, 3.8) is 0 Å². The molecule has 3 rings (SSSR count). The second-order valence-electron chi connectivity index (χ2n) is 4.28. The SMILES string of the molecule is N#Cc1cc(Nc2ccc3ccccc3c2)nc(=O)[nH]1. The molecule has 2 N–H and O–H groups in total. The highest BCUT2D eigenvalue weighted by Crippen LogP contribution is 2.21. The number of aromatic amines is 1. The molecule has 5 nitrogen and oxygen atoms in total. The molecule has 3 aromatic rings. The average Bonchev–Trinajstić information content (AvgIpc) is 2.46. The van der Waals surface area contributed by atoms with Crippen molar-refractivity contribution in [3.05, 3.63) is 64.7 Å². The number of fused-ring (bicyclic) bond motifs is 1. The lowest BCUT2D eigenvalue weighted by Gasteiger charge is -2.06. The van der Waals surface area contributed by atoms with Gasteiger partial charge in [0.2, 0.25) is 0 Å². The Labute approximate surface area is 114 Å². The van der Waals surface area contributed by atoms with Crippen LogP contribution in [0.4, 0.5) is 11.5 Å². The van der Waals surface area contributed by atoms with Crippen LogP contribution in [0.15, 0.2) is 53.3 Å². The summed E-state index contributed by atoms with van der Waals surface area (Å²) in [6.07, 6.45) is 0. The van der Waals surface area contributed by atoms with Gasteiger partial charge in [-0.1, -0.05) is 30.3 Å². The molecule has 0 bridgehead atoms. The van der Waals surface area contributed by atoms with Gasteiger partial charge in [0, 0.05) is 11.8 Å². The number of H-pyrrole nitrogens is 1. The normalized spacial score (nSPS) is 10.2. The first-order chi connectivity index (χ1) is 9.74. The van der Waals surface area contributed by atoms with E-state index in [2.05, 4.69) is 15.3 Å². The third-order valence-corrected chi connectivity index (χ3v) is 2.89. The molecular formula is C15H10N4O. The highest BCUT2D eigenvalue weighted by molar-refractivity contribution is 5.86. The van der Waals surface area contributed by atoms with Gasteiger partial charge in [0.25, 0.3) is 0 Å². The van der Waals surface area contributed by atoms with Gasteiger partial charge in [0.05, 0.1) is 0 Å². The predicted octanol–water partition coefficient (Wildman–Crippen LogP) is 2.54. The molecule has 0 atom stereocenters. The third-order valence-electron chi connectivity index (χ3n) is 2.89. The molecule has 0 aliphatic rings. The zero-order chi connectivity index (χ0) is 13.9. The monoisotopic (exact) mass is 262 g/mol. The highest BCUT2D eigenvalue weighted by Gasteiger charge is 2.02. The first-order valence-electron chi connectivity index (χ1n) is 6.02. The Bertz CT molecular complexity index is 877. The number of benzene rings is 2. The summed E-state index contributed by atoms with van der Waals surface area (Å²) in [7, 11) is 0. The van der Waals surface area contributed by atoms with Crippen molar-refractivity contribution in [3.8, 4) is 6.07 Å². The standard InChI is InChI=1S/C15H10N4O/c16-9-13-8-14(19-15(20)18-13)17-12-6-5-10-3-1-2-4-11(10)7-12/h1-8H,(H2,17,18,19,20). The van der Waals surface area contributed by atoms with Crippen LogP contribution in [0.25, 0.3) is 10.8 Å². The molecule has 0 fully saturated rings.